The summed E-state index contributed by atoms with van der Waals surface area (Å²) in [6, 6.07) is 2.24. The van der Waals surface area contributed by atoms with E-state index in [9.17, 15) is 0 Å². The van der Waals surface area contributed by atoms with E-state index in [-0.39, 0.29) is 0 Å². The third kappa shape index (κ3) is 5.16. The van der Waals surface area contributed by atoms with Crippen molar-refractivity contribution in [3.8, 4) is 0 Å². The van der Waals surface area contributed by atoms with Gasteiger partial charge in [-0.15, -0.1) is 6.58 Å². The van der Waals surface area contributed by atoms with Crippen LogP contribution in [0.25, 0.3) is 0 Å². The van der Waals surface area contributed by atoms with E-state index in [0.717, 1.165) is 12.3 Å². The molecule has 1 aliphatic rings. The highest BCUT2D eigenvalue weighted by Gasteiger charge is 2.20. The molecule has 0 aromatic heterocycles. The lowest BCUT2D eigenvalue weighted by Gasteiger charge is -2.30. The number of rotatable bonds is 7. The molecule has 0 aromatic carbocycles. The molecule has 1 fully saturated rings. The Hall–Kier alpha value is -0.300. The Bertz CT molecular complexity index is 180. The van der Waals surface area contributed by atoms with E-state index < -0.39 is 0 Å². The van der Waals surface area contributed by atoms with Crippen molar-refractivity contribution in [2.24, 2.45) is 5.92 Å². The highest BCUT2D eigenvalue weighted by atomic mass is 14.9. The maximum absolute atomic E-state index is 3.86. The monoisotopic (exact) mass is 222 g/mol. The van der Waals surface area contributed by atoms with Gasteiger partial charge in [0.05, 0.1) is 0 Å². The summed E-state index contributed by atoms with van der Waals surface area (Å²) in [4.78, 5) is 0. The minimum absolute atomic E-state index is 0.640. The minimum Gasteiger partial charge on any atom is -0.306 e. The Morgan fingerprint density at radius 1 is 1.44 bits per heavy atom. The second-order valence-electron chi connectivity index (χ2n) is 5.29. The van der Waals surface area contributed by atoms with Crippen molar-refractivity contribution in [3.05, 3.63) is 18.7 Å². The van der Waals surface area contributed by atoms with E-state index in [1.54, 1.807) is 6.04 Å². The lowest BCUT2D eigenvalue weighted by molar-refractivity contribution is 0.349. The van der Waals surface area contributed by atoms with E-state index in [0.29, 0.717) is 6.04 Å². The summed E-state index contributed by atoms with van der Waals surface area (Å²) in [5.41, 5.74) is 0. The molecule has 1 nitrogen and oxygen atoms in total. The van der Waals surface area contributed by atoms with Gasteiger partial charge in [-0.3, -0.25) is 0 Å². The summed E-state index contributed by atoms with van der Waals surface area (Å²) < 4.78 is 0. The smallest absolute Gasteiger partial charge is 0.0366 e. The average molecular weight is 222 g/mol. The summed E-state index contributed by atoms with van der Waals surface area (Å²) in [6.45, 7) is 8.50. The van der Waals surface area contributed by atoms with E-state index >= 15 is 0 Å². The van der Waals surface area contributed by atoms with Gasteiger partial charge in [0.15, 0.2) is 0 Å². The quantitative estimate of drug-likeness (QED) is 0.627. The summed E-state index contributed by atoms with van der Waals surface area (Å²) in [7, 11) is 0. The number of hydrogen-bond acceptors (Lipinski definition) is 1. The van der Waals surface area contributed by atoms with Gasteiger partial charge in [-0.1, -0.05) is 32.8 Å². The molecule has 0 spiro atoms. The molecule has 0 amide bonds. The molecule has 0 aliphatic heterocycles. The Balaban J connectivity index is 2.26. The van der Waals surface area contributed by atoms with Crippen molar-refractivity contribution in [2.45, 2.75) is 71.3 Å². The molecule has 16 heavy (non-hydrogen) atoms. The summed E-state index contributed by atoms with van der Waals surface area (Å²) in [6.07, 6.45) is 12.4. The van der Waals surface area contributed by atoms with Crippen LogP contribution in [0, 0.1) is 12.0 Å². The van der Waals surface area contributed by atoms with Crippen molar-refractivity contribution in [2.75, 3.05) is 0 Å². The largest absolute Gasteiger partial charge is 0.306 e. The van der Waals surface area contributed by atoms with Crippen LogP contribution in [-0.2, 0) is 0 Å². The number of hydrogen-bond donors (Lipinski definition) is 1. The van der Waals surface area contributed by atoms with Crippen LogP contribution < -0.4 is 5.32 Å². The van der Waals surface area contributed by atoms with E-state index in [2.05, 4.69) is 31.8 Å². The van der Waals surface area contributed by atoms with E-state index in [4.69, 9.17) is 0 Å². The van der Waals surface area contributed by atoms with Crippen molar-refractivity contribution < 1.29 is 0 Å². The third-order valence-electron chi connectivity index (χ3n) is 3.64. The fourth-order valence-electron chi connectivity index (χ4n) is 2.44. The van der Waals surface area contributed by atoms with Gasteiger partial charge in [0.25, 0.3) is 0 Å². The lowest BCUT2D eigenvalue weighted by Crippen LogP contribution is -2.34. The molecule has 0 aromatic rings. The molecule has 1 rings (SSSR count). The molecule has 1 aliphatic carbocycles. The molecule has 93 valence electrons. The molecular formula is C15H28N. The molecule has 0 bridgehead atoms. The highest BCUT2D eigenvalue weighted by Crippen LogP contribution is 2.28. The zero-order valence-electron chi connectivity index (χ0n) is 11.1. The summed E-state index contributed by atoms with van der Waals surface area (Å²) in [5.74, 6) is 0.930. The minimum atomic E-state index is 0.640. The van der Waals surface area contributed by atoms with Crippen molar-refractivity contribution >= 4 is 0 Å². The maximum Gasteiger partial charge on any atom is 0.0366 e. The van der Waals surface area contributed by atoms with Crippen LogP contribution >= 0.6 is 0 Å². The molecule has 1 N–H and O–H groups in total. The first-order valence-corrected chi connectivity index (χ1v) is 6.98. The van der Waals surface area contributed by atoms with Crippen molar-refractivity contribution in [1.82, 2.24) is 5.32 Å². The zero-order chi connectivity index (χ0) is 11.8. The highest BCUT2D eigenvalue weighted by molar-refractivity contribution is 4.95. The normalized spacial score (nSPS) is 20.9. The van der Waals surface area contributed by atoms with Crippen LogP contribution in [0.2, 0.25) is 0 Å². The van der Waals surface area contributed by atoms with Crippen LogP contribution in [0.4, 0.5) is 0 Å². The first kappa shape index (κ1) is 13.8. The van der Waals surface area contributed by atoms with Crippen LogP contribution in [0.3, 0.4) is 0 Å². The van der Waals surface area contributed by atoms with Crippen LogP contribution in [0.1, 0.15) is 65.2 Å². The Kier molecular flexibility index (Phi) is 6.79. The Morgan fingerprint density at radius 2 is 2.12 bits per heavy atom. The second-order valence-corrected chi connectivity index (χ2v) is 5.29. The molecule has 0 saturated heterocycles. The number of nitrogens with one attached hydrogen (secondary N) is 1. The molecule has 1 atom stereocenters. The summed E-state index contributed by atoms with van der Waals surface area (Å²) in [5, 5.41) is 3.76. The zero-order valence-corrected chi connectivity index (χ0v) is 11.1. The molecule has 1 saturated carbocycles. The van der Waals surface area contributed by atoms with Gasteiger partial charge < -0.3 is 5.32 Å². The van der Waals surface area contributed by atoms with Gasteiger partial charge in [0.1, 0.15) is 0 Å². The third-order valence-corrected chi connectivity index (χ3v) is 3.64. The molecular weight excluding hydrogens is 194 g/mol. The van der Waals surface area contributed by atoms with Crippen molar-refractivity contribution in [1.29, 1.82) is 0 Å². The van der Waals surface area contributed by atoms with E-state index in [1.807, 2.05) is 0 Å². The van der Waals surface area contributed by atoms with Gasteiger partial charge in [-0.25, -0.2) is 0 Å². The van der Waals surface area contributed by atoms with Crippen LogP contribution in [-0.4, -0.2) is 6.04 Å². The first-order chi connectivity index (χ1) is 7.76. The fourth-order valence-corrected chi connectivity index (χ4v) is 2.44. The average Bonchev–Trinajstić information content (AvgIpc) is 2.29. The van der Waals surface area contributed by atoms with Gasteiger partial charge >= 0.3 is 0 Å². The fraction of sp³-hybridized carbons (Fsp3) is 0.800. The second kappa shape index (κ2) is 7.89. The number of unbranched alkanes of at least 4 members (excludes halogenated alkanes) is 1. The van der Waals surface area contributed by atoms with Gasteiger partial charge in [0, 0.05) is 12.1 Å². The molecule has 1 heteroatoms. The van der Waals surface area contributed by atoms with Crippen LogP contribution in [0.15, 0.2) is 12.7 Å². The Morgan fingerprint density at radius 3 is 2.69 bits per heavy atom. The van der Waals surface area contributed by atoms with Gasteiger partial charge in [-0.2, -0.15) is 0 Å². The van der Waals surface area contributed by atoms with E-state index in [1.165, 1.54) is 44.9 Å². The summed E-state index contributed by atoms with van der Waals surface area (Å²) >= 11 is 0. The Labute approximate surface area is 102 Å². The predicted octanol–water partition coefficient (Wildman–Crippen LogP) is 4.45. The topological polar surface area (TPSA) is 12.0 Å². The first-order valence-electron chi connectivity index (χ1n) is 6.98. The maximum atomic E-state index is 3.86. The van der Waals surface area contributed by atoms with Crippen molar-refractivity contribution in [3.63, 3.8) is 0 Å². The molecule has 1 radical (unpaired) electrons. The SMILES string of the molecule is C=CCC(CCCC)N[C]1CCC(C)CC1. The van der Waals surface area contributed by atoms with Gasteiger partial charge in [-0.05, 0) is 44.4 Å². The standard InChI is InChI=1S/C15H28N/c1-4-6-8-14(7-5-2)16-15-11-9-13(3)10-12-15/h5,13-14,16H,2,4,6-12H2,1,3H3. The molecule has 0 heterocycles. The van der Waals surface area contributed by atoms with Gasteiger partial charge in [0.2, 0.25) is 0 Å². The van der Waals surface area contributed by atoms with Crippen LogP contribution in [0.5, 0.6) is 0 Å². The lowest BCUT2D eigenvalue weighted by atomic mass is 9.86. The molecule has 1 unspecified atom stereocenters. The predicted molar refractivity (Wildman–Crippen MR) is 72.1 cm³/mol.